The first-order valence-corrected chi connectivity index (χ1v) is 10.9. The van der Waals surface area contributed by atoms with Gasteiger partial charge in [0.05, 0.1) is 0 Å². The average molecular weight is 601 g/mol. The second kappa shape index (κ2) is 11.0. The number of fused-ring (bicyclic) bond motifs is 4. The Morgan fingerprint density at radius 3 is 2.06 bits per heavy atom. The van der Waals surface area contributed by atoms with Crippen LogP contribution in [0.4, 0.5) is 0 Å². The zero-order valence-electron chi connectivity index (χ0n) is 21.6. The fourth-order valence-electron chi connectivity index (χ4n) is 4.10. The summed E-state index contributed by atoms with van der Waals surface area (Å²) >= 11 is 0. The first-order chi connectivity index (χ1) is 14.1. The van der Waals surface area contributed by atoms with Crippen LogP contribution in [0.2, 0.25) is 0 Å². The summed E-state index contributed by atoms with van der Waals surface area (Å²) in [4.78, 5) is 0. The van der Waals surface area contributed by atoms with Gasteiger partial charge in [0.15, 0.2) is 0 Å². The van der Waals surface area contributed by atoms with Crippen LogP contribution in [0.5, 0.6) is 0 Å². The van der Waals surface area contributed by atoms with Crippen LogP contribution in [0, 0.1) is 20.9 Å². The van der Waals surface area contributed by atoms with Gasteiger partial charge in [0.2, 0.25) is 0 Å². The molecule has 0 nitrogen and oxygen atoms in total. The normalized spacial score (nSPS) is 11.7. The average Bonchev–Trinajstić information content (AvgIpc) is 3.30. The number of rotatable bonds is 0. The standard InChI is InChI=1S/C21H25.C9H7.2CH3.Hf/c1-20(2,3)16-7-9-18-14(12-16)11-15-13-17(21(4,5)6)8-10-19(15)18;1-2-5-9-7-3-6-8(9)4-1;;;/h7-10,12H,11H2,1-6H3;1-7H;2*1H3;/q4*-1;+4. The Labute approximate surface area is 221 Å². The Balaban J connectivity index is 0.000000385. The summed E-state index contributed by atoms with van der Waals surface area (Å²) in [7, 11) is 0. The minimum atomic E-state index is 0. The molecule has 0 saturated carbocycles. The molecule has 0 aromatic heterocycles. The molecule has 5 rings (SSSR count). The topological polar surface area (TPSA) is 0 Å². The van der Waals surface area contributed by atoms with Crippen molar-refractivity contribution in [2.45, 2.75) is 58.8 Å². The summed E-state index contributed by atoms with van der Waals surface area (Å²) in [6.07, 6.45) is 1.03. The maximum Gasteiger partial charge on any atom is 4.00 e. The molecule has 4 aromatic carbocycles. The fraction of sp³-hybridized carbons (Fsp3) is 0.281. The van der Waals surface area contributed by atoms with Gasteiger partial charge in [-0.05, 0) is 28.4 Å². The van der Waals surface area contributed by atoms with Gasteiger partial charge in [-0.2, -0.15) is 41.3 Å². The second-order valence-electron chi connectivity index (χ2n) is 10.5. The van der Waals surface area contributed by atoms with Gasteiger partial charge in [-0.3, -0.25) is 0 Å². The van der Waals surface area contributed by atoms with E-state index in [2.05, 4.69) is 120 Å². The monoisotopic (exact) mass is 602 g/mol. The third kappa shape index (κ3) is 6.38. The molecule has 0 bridgehead atoms. The number of hydrogen-bond donors (Lipinski definition) is 0. The van der Waals surface area contributed by atoms with E-state index in [1.165, 1.54) is 44.2 Å². The second-order valence-corrected chi connectivity index (χ2v) is 10.5. The predicted octanol–water partition coefficient (Wildman–Crippen LogP) is 9.11. The van der Waals surface area contributed by atoms with Crippen molar-refractivity contribution in [3.8, 4) is 11.1 Å². The molecule has 0 radical (unpaired) electrons. The first kappa shape index (κ1) is 29.2. The maximum absolute atomic E-state index is 3.67. The Hall–Kier alpha value is -1.86. The molecule has 4 aromatic rings. The van der Waals surface area contributed by atoms with E-state index in [1.54, 1.807) is 0 Å². The predicted molar refractivity (Wildman–Crippen MR) is 143 cm³/mol. The van der Waals surface area contributed by atoms with Crippen LogP contribution in [0.25, 0.3) is 21.9 Å². The van der Waals surface area contributed by atoms with Crippen molar-refractivity contribution < 1.29 is 25.8 Å². The van der Waals surface area contributed by atoms with E-state index >= 15 is 0 Å². The molecule has 0 atom stereocenters. The summed E-state index contributed by atoms with van der Waals surface area (Å²) in [5.41, 5.74) is 8.70. The molecule has 0 amide bonds. The van der Waals surface area contributed by atoms with Crippen LogP contribution in [-0.4, -0.2) is 0 Å². The van der Waals surface area contributed by atoms with Crippen LogP contribution in [0.3, 0.4) is 0 Å². The Morgan fingerprint density at radius 2 is 1.42 bits per heavy atom. The Bertz CT molecular complexity index is 1090. The molecule has 0 spiro atoms. The molecule has 33 heavy (non-hydrogen) atoms. The SMILES string of the molecule is CC(C)(C)c1[c-]c2c(cc1)-c1ccc(C(C)(C)C)cc1C2.[CH3-].[CH3-].[Hf+4].c1ccc2[cH-]ccc2c1. The smallest absolute Gasteiger partial charge is 0.358 e. The van der Waals surface area contributed by atoms with Crippen LogP contribution >= 0.6 is 0 Å². The maximum atomic E-state index is 3.67. The number of benzene rings is 3. The van der Waals surface area contributed by atoms with Gasteiger partial charge in [0, 0.05) is 0 Å². The van der Waals surface area contributed by atoms with Crippen LogP contribution in [0.1, 0.15) is 63.8 Å². The fourth-order valence-corrected chi connectivity index (χ4v) is 4.10. The zero-order chi connectivity index (χ0) is 21.5. The van der Waals surface area contributed by atoms with E-state index in [-0.39, 0.29) is 51.5 Å². The first-order valence-electron chi connectivity index (χ1n) is 10.9. The molecule has 1 aliphatic rings. The summed E-state index contributed by atoms with van der Waals surface area (Å²) in [6.45, 7) is 13.6. The molecular weight excluding hydrogens is 563 g/mol. The van der Waals surface area contributed by atoms with Crippen molar-refractivity contribution in [3.05, 3.63) is 116 Å². The van der Waals surface area contributed by atoms with Gasteiger partial charge in [-0.15, -0.1) is 40.8 Å². The Kier molecular flexibility index (Phi) is 9.76. The molecule has 0 aliphatic heterocycles. The molecule has 0 N–H and O–H groups in total. The zero-order valence-corrected chi connectivity index (χ0v) is 25.2. The quantitative estimate of drug-likeness (QED) is 0.123. The van der Waals surface area contributed by atoms with Crippen LogP contribution in [0.15, 0.2) is 72.8 Å². The van der Waals surface area contributed by atoms with Crippen LogP contribution in [-0.2, 0) is 43.1 Å². The van der Waals surface area contributed by atoms with Crippen LogP contribution < -0.4 is 0 Å². The van der Waals surface area contributed by atoms with Crippen molar-refractivity contribution in [1.29, 1.82) is 0 Å². The Morgan fingerprint density at radius 1 is 0.758 bits per heavy atom. The van der Waals surface area contributed by atoms with Gasteiger partial charge in [-0.25, -0.2) is 0 Å². The van der Waals surface area contributed by atoms with E-state index < -0.39 is 0 Å². The summed E-state index contributed by atoms with van der Waals surface area (Å²) in [5, 5.41) is 2.66. The molecule has 1 aliphatic carbocycles. The van der Waals surface area contributed by atoms with Crippen molar-refractivity contribution in [2.75, 3.05) is 0 Å². The molecule has 0 unspecified atom stereocenters. The van der Waals surface area contributed by atoms with Gasteiger partial charge in [-0.1, -0.05) is 71.4 Å². The summed E-state index contributed by atoms with van der Waals surface area (Å²) in [5.74, 6) is 0. The van der Waals surface area contributed by atoms with E-state index in [9.17, 15) is 0 Å². The van der Waals surface area contributed by atoms with Crippen molar-refractivity contribution >= 4 is 10.8 Å². The molecular formula is C32H38Hf. The third-order valence-electron chi connectivity index (χ3n) is 6.01. The van der Waals surface area contributed by atoms with Crippen molar-refractivity contribution in [3.63, 3.8) is 0 Å². The minimum Gasteiger partial charge on any atom is -0.358 e. The van der Waals surface area contributed by atoms with Gasteiger partial charge in [0.1, 0.15) is 0 Å². The molecule has 0 heterocycles. The van der Waals surface area contributed by atoms with E-state index in [4.69, 9.17) is 0 Å². The molecule has 170 valence electrons. The van der Waals surface area contributed by atoms with Gasteiger partial charge in [0.25, 0.3) is 0 Å². The summed E-state index contributed by atoms with van der Waals surface area (Å²) in [6, 6.07) is 29.8. The van der Waals surface area contributed by atoms with Gasteiger partial charge >= 0.3 is 25.8 Å². The van der Waals surface area contributed by atoms with Crippen molar-refractivity contribution in [2.24, 2.45) is 0 Å². The molecule has 0 saturated heterocycles. The van der Waals surface area contributed by atoms with Gasteiger partial charge < -0.3 is 14.9 Å². The largest absolute Gasteiger partial charge is 4.00 e. The van der Waals surface area contributed by atoms with E-state index in [0.29, 0.717) is 0 Å². The summed E-state index contributed by atoms with van der Waals surface area (Å²) < 4.78 is 0. The number of hydrogen-bond acceptors (Lipinski definition) is 0. The minimum absolute atomic E-state index is 0. The molecule has 0 fully saturated rings. The molecule has 1 heteroatoms. The van der Waals surface area contributed by atoms with E-state index in [0.717, 1.165) is 6.42 Å². The van der Waals surface area contributed by atoms with E-state index in [1.807, 2.05) is 0 Å². The third-order valence-corrected chi connectivity index (χ3v) is 6.01. The van der Waals surface area contributed by atoms with Crippen molar-refractivity contribution in [1.82, 2.24) is 0 Å².